The topological polar surface area (TPSA) is 66.4 Å². The van der Waals surface area contributed by atoms with E-state index < -0.39 is 11.8 Å². The second kappa shape index (κ2) is 6.74. The Hall–Kier alpha value is -1.91. The number of hydrogen-bond donors (Lipinski definition) is 2. The fourth-order valence-electron chi connectivity index (χ4n) is 1.44. The molecule has 98 valence electrons. The third kappa shape index (κ3) is 4.53. The van der Waals surface area contributed by atoms with Crippen LogP contribution in [0.3, 0.4) is 0 Å². The van der Waals surface area contributed by atoms with Gasteiger partial charge in [0.05, 0.1) is 0 Å². The van der Waals surface area contributed by atoms with E-state index >= 15 is 0 Å². The van der Waals surface area contributed by atoms with Crippen molar-refractivity contribution in [3.8, 4) is 0 Å². The van der Waals surface area contributed by atoms with Crippen molar-refractivity contribution in [3.05, 3.63) is 35.1 Å². The van der Waals surface area contributed by atoms with E-state index in [1.54, 1.807) is 19.1 Å². The number of benzene rings is 1. The van der Waals surface area contributed by atoms with Crippen LogP contribution < -0.4 is 5.32 Å². The molecule has 1 rings (SSSR count). The van der Waals surface area contributed by atoms with Crippen molar-refractivity contribution in [2.45, 2.75) is 26.2 Å². The van der Waals surface area contributed by atoms with Gasteiger partial charge in [0.2, 0.25) is 0 Å². The Balaban J connectivity index is 2.36. The Bertz CT molecular complexity index is 446. The average Bonchev–Trinajstić information content (AvgIpc) is 2.31. The number of nitrogens with one attached hydrogen (secondary N) is 1. The highest BCUT2D eigenvalue weighted by Crippen LogP contribution is 2.09. The molecule has 5 heteroatoms. The van der Waals surface area contributed by atoms with Gasteiger partial charge in [0, 0.05) is 18.5 Å². The van der Waals surface area contributed by atoms with Gasteiger partial charge in [0.25, 0.3) is 5.91 Å². The van der Waals surface area contributed by atoms with E-state index in [1.807, 2.05) is 0 Å². The van der Waals surface area contributed by atoms with Gasteiger partial charge in [-0.15, -0.1) is 0 Å². The monoisotopic (exact) mass is 253 g/mol. The summed E-state index contributed by atoms with van der Waals surface area (Å²) < 4.78 is 13.2. The first kappa shape index (κ1) is 14.2. The van der Waals surface area contributed by atoms with E-state index in [1.165, 1.54) is 6.07 Å². The second-order valence-corrected chi connectivity index (χ2v) is 4.07. The number of halogens is 1. The summed E-state index contributed by atoms with van der Waals surface area (Å²) in [7, 11) is 0. The number of carboxylic acids is 1. The summed E-state index contributed by atoms with van der Waals surface area (Å²) in [6.45, 7) is 2.02. The van der Waals surface area contributed by atoms with E-state index in [9.17, 15) is 14.0 Å². The molecular formula is C13H16FNO3. The molecule has 0 spiro atoms. The molecule has 0 aromatic heterocycles. The largest absolute Gasteiger partial charge is 0.481 e. The summed E-state index contributed by atoms with van der Waals surface area (Å²) in [4.78, 5) is 21.9. The molecule has 1 aromatic rings. The molecule has 0 aliphatic heterocycles. The van der Waals surface area contributed by atoms with Crippen LogP contribution in [0.4, 0.5) is 4.39 Å². The molecule has 18 heavy (non-hydrogen) atoms. The number of rotatable bonds is 6. The molecule has 0 atom stereocenters. The predicted octanol–water partition coefficient (Wildman–Crippen LogP) is 2.12. The van der Waals surface area contributed by atoms with E-state index in [4.69, 9.17) is 5.11 Å². The molecule has 0 fully saturated rings. The molecule has 0 saturated heterocycles. The van der Waals surface area contributed by atoms with Crippen molar-refractivity contribution in [1.29, 1.82) is 0 Å². The molecule has 4 nitrogen and oxygen atoms in total. The molecule has 2 N–H and O–H groups in total. The predicted molar refractivity (Wildman–Crippen MR) is 65.0 cm³/mol. The normalized spacial score (nSPS) is 10.1. The van der Waals surface area contributed by atoms with Crippen LogP contribution in [0.5, 0.6) is 0 Å². The van der Waals surface area contributed by atoms with E-state index in [0.717, 1.165) is 0 Å². The minimum atomic E-state index is -0.845. The smallest absolute Gasteiger partial charge is 0.303 e. The molecule has 0 radical (unpaired) electrons. The average molecular weight is 253 g/mol. The molecule has 0 bridgehead atoms. The van der Waals surface area contributed by atoms with Crippen LogP contribution in [0.1, 0.15) is 35.2 Å². The van der Waals surface area contributed by atoms with E-state index in [0.29, 0.717) is 24.9 Å². The number of amides is 1. The molecule has 0 heterocycles. The van der Waals surface area contributed by atoms with Crippen molar-refractivity contribution in [2.24, 2.45) is 0 Å². The first-order valence-corrected chi connectivity index (χ1v) is 5.77. The first-order chi connectivity index (χ1) is 8.50. The van der Waals surface area contributed by atoms with Gasteiger partial charge in [0.1, 0.15) is 5.82 Å². The van der Waals surface area contributed by atoms with Crippen LogP contribution in [0.25, 0.3) is 0 Å². The number of unbranched alkanes of at least 4 members (excludes halogenated alkanes) is 1. The fourth-order valence-corrected chi connectivity index (χ4v) is 1.44. The lowest BCUT2D eigenvalue weighted by Gasteiger charge is -2.05. The van der Waals surface area contributed by atoms with E-state index in [2.05, 4.69) is 5.32 Å². The summed E-state index contributed by atoms with van der Waals surface area (Å²) in [5.74, 6) is -1.60. The summed E-state index contributed by atoms with van der Waals surface area (Å²) in [5, 5.41) is 11.0. The number of aliphatic carboxylic acids is 1. The summed E-state index contributed by atoms with van der Waals surface area (Å²) >= 11 is 0. The van der Waals surface area contributed by atoms with Gasteiger partial charge in [-0.3, -0.25) is 9.59 Å². The van der Waals surface area contributed by atoms with Gasteiger partial charge >= 0.3 is 5.97 Å². The molecular weight excluding hydrogens is 237 g/mol. The van der Waals surface area contributed by atoms with Gasteiger partial charge in [0.15, 0.2) is 0 Å². The maximum Gasteiger partial charge on any atom is 0.303 e. The van der Waals surface area contributed by atoms with Crippen LogP contribution in [-0.2, 0) is 4.79 Å². The van der Waals surface area contributed by atoms with Crippen LogP contribution >= 0.6 is 0 Å². The molecule has 1 amide bonds. The van der Waals surface area contributed by atoms with E-state index in [-0.39, 0.29) is 17.9 Å². The number of carbonyl (C=O) groups is 2. The molecule has 0 unspecified atom stereocenters. The Morgan fingerprint density at radius 2 is 2.06 bits per heavy atom. The lowest BCUT2D eigenvalue weighted by atomic mass is 10.1. The Kier molecular flexibility index (Phi) is 5.30. The Morgan fingerprint density at radius 3 is 2.67 bits per heavy atom. The standard InChI is InChI=1S/C13H16FNO3/c1-9-5-6-10(8-11(9)14)13(18)15-7-3-2-4-12(16)17/h5-6,8H,2-4,7H2,1H3,(H,15,18)(H,16,17). The quantitative estimate of drug-likeness (QED) is 0.763. The van der Waals surface area contributed by atoms with Crippen molar-refractivity contribution in [3.63, 3.8) is 0 Å². The van der Waals surface area contributed by atoms with Crippen LogP contribution in [-0.4, -0.2) is 23.5 Å². The van der Waals surface area contributed by atoms with Crippen molar-refractivity contribution < 1.29 is 19.1 Å². The minimum Gasteiger partial charge on any atom is -0.481 e. The number of carboxylic acid groups (broad SMARTS) is 1. The van der Waals surface area contributed by atoms with Crippen LogP contribution in [0.2, 0.25) is 0 Å². The lowest BCUT2D eigenvalue weighted by Crippen LogP contribution is -2.24. The Labute approximate surface area is 105 Å². The Morgan fingerprint density at radius 1 is 1.33 bits per heavy atom. The fraction of sp³-hybridized carbons (Fsp3) is 0.385. The van der Waals surface area contributed by atoms with Crippen molar-refractivity contribution in [2.75, 3.05) is 6.54 Å². The van der Waals surface area contributed by atoms with Crippen molar-refractivity contribution in [1.82, 2.24) is 5.32 Å². The zero-order chi connectivity index (χ0) is 13.5. The number of aryl methyl sites for hydroxylation is 1. The SMILES string of the molecule is Cc1ccc(C(=O)NCCCCC(=O)O)cc1F. The van der Waals surface area contributed by atoms with Gasteiger partial charge in [-0.1, -0.05) is 6.07 Å². The molecule has 1 aromatic carbocycles. The third-order valence-electron chi connectivity index (χ3n) is 2.54. The maximum atomic E-state index is 13.2. The molecule has 0 aliphatic rings. The highest BCUT2D eigenvalue weighted by Gasteiger charge is 2.07. The van der Waals surface area contributed by atoms with Gasteiger partial charge in [-0.25, -0.2) is 4.39 Å². The summed E-state index contributed by atoms with van der Waals surface area (Å²) in [6, 6.07) is 4.31. The van der Waals surface area contributed by atoms with Gasteiger partial charge < -0.3 is 10.4 Å². The second-order valence-electron chi connectivity index (χ2n) is 4.07. The summed E-state index contributed by atoms with van der Waals surface area (Å²) in [5.41, 5.74) is 0.768. The molecule has 0 saturated carbocycles. The highest BCUT2D eigenvalue weighted by atomic mass is 19.1. The summed E-state index contributed by atoms with van der Waals surface area (Å²) in [6.07, 6.45) is 1.19. The number of carbonyl (C=O) groups excluding carboxylic acids is 1. The zero-order valence-electron chi connectivity index (χ0n) is 10.2. The number of hydrogen-bond acceptors (Lipinski definition) is 2. The highest BCUT2D eigenvalue weighted by molar-refractivity contribution is 5.94. The van der Waals surface area contributed by atoms with Gasteiger partial charge in [-0.05, 0) is 37.5 Å². The minimum absolute atomic E-state index is 0.0923. The van der Waals surface area contributed by atoms with Crippen LogP contribution in [0.15, 0.2) is 18.2 Å². The van der Waals surface area contributed by atoms with Crippen LogP contribution in [0, 0.1) is 12.7 Å². The molecule has 0 aliphatic carbocycles. The van der Waals surface area contributed by atoms with Gasteiger partial charge in [-0.2, -0.15) is 0 Å². The van der Waals surface area contributed by atoms with Crippen molar-refractivity contribution >= 4 is 11.9 Å². The first-order valence-electron chi connectivity index (χ1n) is 5.77. The lowest BCUT2D eigenvalue weighted by molar-refractivity contribution is -0.137. The maximum absolute atomic E-state index is 13.2. The zero-order valence-corrected chi connectivity index (χ0v) is 10.2. The third-order valence-corrected chi connectivity index (χ3v) is 2.54.